The van der Waals surface area contributed by atoms with E-state index in [9.17, 15) is 0 Å². The predicted octanol–water partition coefficient (Wildman–Crippen LogP) is 3.08. The van der Waals surface area contributed by atoms with Crippen molar-refractivity contribution >= 4 is 0 Å². The molecule has 0 aliphatic heterocycles. The molecule has 0 amide bonds. The number of hydrogen-bond acceptors (Lipinski definition) is 1. The molecule has 3 heteroatoms. The molecule has 0 aromatic carbocycles. The number of unbranched alkanes of at least 4 members (excludes halogenated alkanes) is 18. The molecule has 0 aromatic heterocycles. The van der Waals surface area contributed by atoms with Gasteiger partial charge in [-0.1, -0.05) is 129 Å². The standard InChI is InChI=1S/C24H50O.2Na.2H/c1-3-5-7-9-11-13-15-17-19-21-23-25-24-22-20-18-16-14-12-10-8-6-4-2;;;;/h3-24H2,1-2H3;;;;/q;2*+1;2*-1. The largest absolute Gasteiger partial charge is 1.00 e. The first-order chi connectivity index (χ1) is 12.4. The summed E-state index contributed by atoms with van der Waals surface area (Å²) in [6, 6.07) is 0. The fraction of sp³-hybridized carbons (Fsp3) is 1.00. The summed E-state index contributed by atoms with van der Waals surface area (Å²) in [4.78, 5) is 0. The van der Waals surface area contributed by atoms with Crippen molar-refractivity contribution in [3.8, 4) is 0 Å². The molecule has 0 rings (SSSR count). The van der Waals surface area contributed by atoms with Gasteiger partial charge in [0, 0.05) is 13.2 Å². The molecular formula is C24H52Na2O. The minimum absolute atomic E-state index is 0. The van der Waals surface area contributed by atoms with E-state index in [0.29, 0.717) is 0 Å². The molecule has 0 heterocycles. The maximum atomic E-state index is 5.78. The van der Waals surface area contributed by atoms with E-state index < -0.39 is 0 Å². The van der Waals surface area contributed by atoms with Crippen LogP contribution in [0.3, 0.4) is 0 Å². The van der Waals surface area contributed by atoms with Crippen LogP contribution in [0.1, 0.15) is 145 Å². The van der Waals surface area contributed by atoms with E-state index in [-0.39, 0.29) is 62.0 Å². The van der Waals surface area contributed by atoms with Gasteiger partial charge >= 0.3 is 59.1 Å². The molecule has 0 saturated heterocycles. The van der Waals surface area contributed by atoms with Gasteiger partial charge in [-0.3, -0.25) is 0 Å². The Morgan fingerprint density at radius 3 is 0.852 bits per heavy atom. The Morgan fingerprint density at radius 2 is 0.593 bits per heavy atom. The van der Waals surface area contributed by atoms with Crippen LogP contribution in [0.5, 0.6) is 0 Å². The van der Waals surface area contributed by atoms with E-state index in [4.69, 9.17) is 4.74 Å². The fourth-order valence-electron chi connectivity index (χ4n) is 3.49. The Balaban J connectivity index is -0.000000480. The zero-order chi connectivity index (χ0) is 18.3. The minimum Gasteiger partial charge on any atom is -1.00 e. The van der Waals surface area contributed by atoms with Crippen molar-refractivity contribution < 1.29 is 66.7 Å². The van der Waals surface area contributed by atoms with E-state index in [1.807, 2.05) is 0 Å². The van der Waals surface area contributed by atoms with Crippen molar-refractivity contribution in [2.75, 3.05) is 13.2 Å². The summed E-state index contributed by atoms with van der Waals surface area (Å²) in [6.07, 6.45) is 28.2. The molecule has 0 aliphatic carbocycles. The van der Waals surface area contributed by atoms with E-state index in [0.717, 1.165) is 13.2 Å². The SMILES string of the molecule is CCCCCCCCCCCCOCCCCCCCCCCCC.[H-].[H-].[Na+].[Na+]. The van der Waals surface area contributed by atoms with Crippen LogP contribution in [0.25, 0.3) is 0 Å². The van der Waals surface area contributed by atoms with Crippen LogP contribution < -0.4 is 59.1 Å². The fourth-order valence-corrected chi connectivity index (χ4v) is 3.49. The van der Waals surface area contributed by atoms with Gasteiger partial charge in [0.05, 0.1) is 0 Å². The van der Waals surface area contributed by atoms with Gasteiger partial charge in [0.1, 0.15) is 0 Å². The van der Waals surface area contributed by atoms with Crippen molar-refractivity contribution in [3.05, 3.63) is 0 Å². The summed E-state index contributed by atoms with van der Waals surface area (Å²) in [6.45, 7) is 6.57. The van der Waals surface area contributed by atoms with Crippen LogP contribution in [-0.2, 0) is 4.74 Å². The van der Waals surface area contributed by atoms with Crippen LogP contribution in [-0.4, -0.2) is 13.2 Å². The monoisotopic (exact) mass is 402 g/mol. The summed E-state index contributed by atoms with van der Waals surface area (Å²) in [5.41, 5.74) is 0. The van der Waals surface area contributed by atoms with E-state index >= 15 is 0 Å². The molecule has 0 atom stereocenters. The Bertz CT molecular complexity index is 213. The summed E-state index contributed by atoms with van der Waals surface area (Å²) >= 11 is 0. The molecule has 0 unspecified atom stereocenters. The topological polar surface area (TPSA) is 9.23 Å². The van der Waals surface area contributed by atoms with Crippen molar-refractivity contribution in [1.29, 1.82) is 0 Å². The minimum atomic E-state index is 0. The summed E-state index contributed by atoms with van der Waals surface area (Å²) in [7, 11) is 0. The van der Waals surface area contributed by atoms with Gasteiger partial charge in [0.2, 0.25) is 0 Å². The predicted molar refractivity (Wildman–Crippen MR) is 117 cm³/mol. The van der Waals surface area contributed by atoms with Crippen LogP contribution in [0.4, 0.5) is 0 Å². The van der Waals surface area contributed by atoms with Gasteiger partial charge in [-0.25, -0.2) is 0 Å². The Labute approximate surface area is 220 Å². The summed E-state index contributed by atoms with van der Waals surface area (Å²) in [5.74, 6) is 0. The molecule has 156 valence electrons. The molecular weight excluding hydrogens is 350 g/mol. The second kappa shape index (κ2) is 32.6. The maximum Gasteiger partial charge on any atom is 1.00 e. The van der Waals surface area contributed by atoms with Gasteiger partial charge in [0.15, 0.2) is 0 Å². The quantitative estimate of drug-likeness (QED) is 0.200. The smallest absolute Gasteiger partial charge is 1.00 e. The second-order valence-electron chi connectivity index (χ2n) is 7.98. The number of hydrogen-bond donors (Lipinski definition) is 0. The van der Waals surface area contributed by atoms with Crippen LogP contribution in [0.2, 0.25) is 0 Å². The van der Waals surface area contributed by atoms with E-state index in [1.54, 1.807) is 0 Å². The van der Waals surface area contributed by atoms with Crippen LogP contribution in [0, 0.1) is 0 Å². The Morgan fingerprint density at radius 1 is 0.370 bits per heavy atom. The molecule has 27 heavy (non-hydrogen) atoms. The van der Waals surface area contributed by atoms with Gasteiger partial charge in [0.25, 0.3) is 0 Å². The molecule has 0 saturated carbocycles. The third kappa shape index (κ3) is 32.8. The molecule has 0 spiro atoms. The second-order valence-corrected chi connectivity index (χ2v) is 7.98. The maximum absolute atomic E-state index is 5.78. The van der Waals surface area contributed by atoms with Crippen LogP contribution >= 0.6 is 0 Å². The molecule has 0 N–H and O–H groups in total. The number of rotatable bonds is 22. The van der Waals surface area contributed by atoms with Gasteiger partial charge in [-0.2, -0.15) is 0 Å². The van der Waals surface area contributed by atoms with Gasteiger partial charge in [-0.15, -0.1) is 0 Å². The van der Waals surface area contributed by atoms with E-state index in [1.165, 1.54) is 128 Å². The zero-order valence-electron chi connectivity index (χ0n) is 22.0. The third-order valence-corrected chi connectivity index (χ3v) is 5.28. The van der Waals surface area contributed by atoms with E-state index in [2.05, 4.69) is 13.8 Å². The van der Waals surface area contributed by atoms with Gasteiger partial charge in [-0.05, 0) is 12.8 Å². The van der Waals surface area contributed by atoms with Crippen molar-refractivity contribution in [2.45, 2.75) is 142 Å². The Hall–Kier alpha value is 1.96. The van der Waals surface area contributed by atoms with Crippen molar-refractivity contribution in [1.82, 2.24) is 0 Å². The first-order valence-electron chi connectivity index (χ1n) is 12.0. The Kier molecular flexibility index (Phi) is 40.6. The average molecular weight is 403 g/mol. The van der Waals surface area contributed by atoms with Crippen LogP contribution in [0.15, 0.2) is 0 Å². The van der Waals surface area contributed by atoms with Crippen molar-refractivity contribution in [2.24, 2.45) is 0 Å². The molecule has 0 radical (unpaired) electrons. The molecule has 0 bridgehead atoms. The normalized spacial score (nSPS) is 10.4. The first-order valence-corrected chi connectivity index (χ1v) is 12.0. The molecule has 0 aromatic rings. The average Bonchev–Trinajstić information content (AvgIpc) is 2.63. The third-order valence-electron chi connectivity index (χ3n) is 5.28. The first kappa shape index (κ1) is 33.6. The van der Waals surface area contributed by atoms with Gasteiger partial charge < -0.3 is 7.59 Å². The van der Waals surface area contributed by atoms with Crippen molar-refractivity contribution in [3.63, 3.8) is 0 Å². The zero-order valence-corrected chi connectivity index (χ0v) is 24.0. The molecule has 0 fully saturated rings. The molecule has 1 nitrogen and oxygen atoms in total. The summed E-state index contributed by atoms with van der Waals surface area (Å²) in [5, 5.41) is 0. The number of ether oxygens (including phenoxy) is 1. The summed E-state index contributed by atoms with van der Waals surface area (Å²) < 4.78 is 5.78. The molecule has 0 aliphatic rings.